The van der Waals surface area contributed by atoms with Crippen molar-refractivity contribution in [2.45, 2.75) is 18.3 Å². The van der Waals surface area contributed by atoms with E-state index in [9.17, 15) is 14.0 Å². The third kappa shape index (κ3) is 4.67. The molecule has 0 unspecified atom stereocenters. The normalized spacial score (nSPS) is 15.5. The number of hydrogen-bond acceptors (Lipinski definition) is 4. The van der Waals surface area contributed by atoms with Gasteiger partial charge in [-0.05, 0) is 48.7 Å². The summed E-state index contributed by atoms with van der Waals surface area (Å²) in [5.74, 6) is -1.32. The number of benzene rings is 2. The topological polar surface area (TPSA) is 76.7 Å². The highest BCUT2D eigenvalue weighted by Crippen LogP contribution is 2.35. The Bertz CT molecular complexity index is 833. The van der Waals surface area contributed by atoms with Gasteiger partial charge in [-0.15, -0.1) is 0 Å². The van der Waals surface area contributed by atoms with Crippen molar-refractivity contribution in [3.63, 3.8) is 0 Å². The van der Waals surface area contributed by atoms with Crippen molar-refractivity contribution in [1.29, 1.82) is 0 Å². The lowest BCUT2D eigenvalue weighted by molar-refractivity contribution is -0.136. The molecule has 2 aromatic rings. The van der Waals surface area contributed by atoms with E-state index in [1.54, 1.807) is 7.11 Å². The second kappa shape index (κ2) is 8.84. The van der Waals surface area contributed by atoms with E-state index in [-0.39, 0.29) is 11.1 Å². The van der Waals surface area contributed by atoms with Crippen LogP contribution in [0.5, 0.6) is 5.75 Å². The van der Waals surface area contributed by atoms with Crippen LogP contribution in [0.2, 0.25) is 0 Å². The first-order chi connectivity index (χ1) is 13.5. The fourth-order valence-corrected chi connectivity index (χ4v) is 3.36. The number of amides is 2. The molecular weight excluding hydrogens is 363 g/mol. The van der Waals surface area contributed by atoms with Crippen LogP contribution in [0.3, 0.4) is 0 Å². The Balaban J connectivity index is 1.67. The van der Waals surface area contributed by atoms with E-state index in [4.69, 9.17) is 9.47 Å². The summed E-state index contributed by atoms with van der Waals surface area (Å²) in [5.41, 5.74) is 0.970. The molecule has 1 fully saturated rings. The monoisotopic (exact) mass is 386 g/mol. The van der Waals surface area contributed by atoms with Crippen LogP contribution >= 0.6 is 0 Å². The number of ether oxygens (including phenoxy) is 2. The third-order valence-electron chi connectivity index (χ3n) is 5.03. The van der Waals surface area contributed by atoms with E-state index in [1.807, 2.05) is 24.3 Å². The van der Waals surface area contributed by atoms with Gasteiger partial charge in [0.15, 0.2) is 0 Å². The maximum Gasteiger partial charge on any atom is 0.313 e. The number of methoxy groups -OCH3 is 1. The van der Waals surface area contributed by atoms with Gasteiger partial charge >= 0.3 is 11.8 Å². The van der Waals surface area contributed by atoms with Gasteiger partial charge in [-0.1, -0.05) is 18.2 Å². The first-order valence-electron chi connectivity index (χ1n) is 9.09. The Morgan fingerprint density at radius 1 is 1.11 bits per heavy atom. The molecule has 2 amide bonds. The minimum atomic E-state index is -0.831. The SMILES string of the molecule is COc1ccc(C2(CNC(=O)C(=O)Nc3cccc(F)c3)CCOCC2)cc1. The highest BCUT2D eigenvalue weighted by Gasteiger charge is 2.35. The van der Waals surface area contributed by atoms with Crippen LogP contribution in [0.15, 0.2) is 48.5 Å². The molecule has 148 valence electrons. The van der Waals surface area contributed by atoms with Crippen LogP contribution in [0.25, 0.3) is 0 Å². The molecule has 0 atom stereocenters. The van der Waals surface area contributed by atoms with Crippen molar-refractivity contribution in [2.24, 2.45) is 0 Å². The van der Waals surface area contributed by atoms with Gasteiger partial charge in [0.1, 0.15) is 11.6 Å². The van der Waals surface area contributed by atoms with Crippen LogP contribution in [0, 0.1) is 5.82 Å². The molecule has 3 rings (SSSR count). The average molecular weight is 386 g/mol. The number of anilines is 1. The van der Waals surface area contributed by atoms with E-state index in [0.717, 1.165) is 30.2 Å². The molecular formula is C21H23FN2O4. The minimum absolute atomic E-state index is 0.232. The van der Waals surface area contributed by atoms with Crippen molar-refractivity contribution in [1.82, 2.24) is 5.32 Å². The summed E-state index contributed by atoms with van der Waals surface area (Å²) < 4.78 is 23.9. The van der Waals surface area contributed by atoms with Crippen LogP contribution in [0.1, 0.15) is 18.4 Å². The van der Waals surface area contributed by atoms with Gasteiger partial charge in [0.05, 0.1) is 7.11 Å². The molecule has 0 saturated carbocycles. The lowest BCUT2D eigenvalue weighted by atomic mass is 9.74. The number of rotatable bonds is 5. The molecule has 2 N–H and O–H groups in total. The minimum Gasteiger partial charge on any atom is -0.497 e. The van der Waals surface area contributed by atoms with E-state index < -0.39 is 17.6 Å². The molecule has 0 radical (unpaired) electrons. The van der Waals surface area contributed by atoms with Gasteiger partial charge in [-0.2, -0.15) is 0 Å². The van der Waals surface area contributed by atoms with Gasteiger partial charge in [0, 0.05) is 30.9 Å². The molecule has 7 heteroatoms. The molecule has 2 aromatic carbocycles. The van der Waals surface area contributed by atoms with Crippen LogP contribution in [-0.2, 0) is 19.7 Å². The summed E-state index contributed by atoms with van der Waals surface area (Å²) in [7, 11) is 1.61. The van der Waals surface area contributed by atoms with Gasteiger partial charge in [-0.3, -0.25) is 9.59 Å². The second-order valence-corrected chi connectivity index (χ2v) is 6.77. The molecule has 6 nitrogen and oxygen atoms in total. The van der Waals surface area contributed by atoms with Crippen molar-refractivity contribution in [2.75, 3.05) is 32.2 Å². The molecule has 0 aliphatic carbocycles. The molecule has 0 spiro atoms. The number of carbonyl (C=O) groups is 2. The summed E-state index contributed by atoms with van der Waals surface area (Å²) in [6, 6.07) is 13.1. The van der Waals surface area contributed by atoms with Gasteiger partial charge < -0.3 is 20.1 Å². The zero-order valence-electron chi connectivity index (χ0n) is 15.7. The maximum atomic E-state index is 13.2. The zero-order valence-corrected chi connectivity index (χ0v) is 15.7. The average Bonchev–Trinajstić information content (AvgIpc) is 2.72. The molecule has 1 heterocycles. The Hall–Kier alpha value is -2.93. The Labute approximate surface area is 163 Å². The largest absolute Gasteiger partial charge is 0.497 e. The number of halogens is 1. The fourth-order valence-electron chi connectivity index (χ4n) is 3.36. The highest BCUT2D eigenvalue weighted by molar-refractivity contribution is 6.39. The number of hydrogen-bond donors (Lipinski definition) is 2. The van der Waals surface area contributed by atoms with Crippen molar-refractivity contribution in [3.8, 4) is 5.75 Å². The van der Waals surface area contributed by atoms with Gasteiger partial charge in [-0.25, -0.2) is 4.39 Å². The standard InChI is InChI=1S/C21H23FN2O4/c1-27-18-7-5-15(6-8-18)21(9-11-28-12-10-21)14-23-19(25)20(26)24-17-4-2-3-16(22)13-17/h2-8,13H,9-12,14H2,1H3,(H,23,25)(H,24,26). The molecule has 1 aliphatic rings. The van der Waals surface area contributed by atoms with Crippen LogP contribution in [-0.4, -0.2) is 38.7 Å². The summed E-state index contributed by atoms with van der Waals surface area (Å²) in [4.78, 5) is 24.4. The van der Waals surface area contributed by atoms with Crippen LogP contribution in [0.4, 0.5) is 10.1 Å². The molecule has 1 aliphatic heterocycles. The predicted octanol–water partition coefficient (Wildman–Crippen LogP) is 2.64. The second-order valence-electron chi connectivity index (χ2n) is 6.77. The fraction of sp³-hybridized carbons (Fsp3) is 0.333. The van der Waals surface area contributed by atoms with Crippen molar-refractivity contribution >= 4 is 17.5 Å². The van der Waals surface area contributed by atoms with Gasteiger partial charge in [0.2, 0.25) is 0 Å². The first-order valence-corrected chi connectivity index (χ1v) is 9.09. The van der Waals surface area contributed by atoms with E-state index >= 15 is 0 Å². The lowest BCUT2D eigenvalue weighted by Gasteiger charge is -2.38. The van der Waals surface area contributed by atoms with Crippen molar-refractivity contribution in [3.05, 3.63) is 59.9 Å². The Morgan fingerprint density at radius 3 is 2.46 bits per heavy atom. The van der Waals surface area contributed by atoms with Gasteiger partial charge in [0.25, 0.3) is 0 Å². The van der Waals surface area contributed by atoms with Crippen LogP contribution < -0.4 is 15.4 Å². The molecule has 1 saturated heterocycles. The quantitative estimate of drug-likeness (QED) is 0.775. The molecule has 0 bridgehead atoms. The Morgan fingerprint density at radius 2 is 1.82 bits per heavy atom. The molecule has 28 heavy (non-hydrogen) atoms. The highest BCUT2D eigenvalue weighted by atomic mass is 19.1. The summed E-state index contributed by atoms with van der Waals surface area (Å²) in [6.45, 7) is 1.47. The third-order valence-corrected chi connectivity index (χ3v) is 5.03. The summed E-state index contributed by atoms with van der Waals surface area (Å²) in [6.07, 6.45) is 1.45. The Kier molecular flexibility index (Phi) is 6.26. The van der Waals surface area contributed by atoms with E-state index in [0.29, 0.717) is 19.8 Å². The van der Waals surface area contributed by atoms with E-state index in [2.05, 4.69) is 10.6 Å². The zero-order chi connectivity index (χ0) is 20.0. The van der Waals surface area contributed by atoms with E-state index in [1.165, 1.54) is 18.2 Å². The summed E-state index contributed by atoms with van der Waals surface area (Å²) in [5, 5.41) is 5.13. The number of nitrogens with one attached hydrogen (secondary N) is 2. The first kappa shape index (κ1) is 19.8. The maximum absolute atomic E-state index is 13.2. The number of carbonyl (C=O) groups excluding carboxylic acids is 2. The predicted molar refractivity (Wildman–Crippen MR) is 103 cm³/mol. The lowest BCUT2D eigenvalue weighted by Crippen LogP contribution is -2.47. The summed E-state index contributed by atoms with van der Waals surface area (Å²) >= 11 is 0. The van der Waals surface area contributed by atoms with Crippen molar-refractivity contribution < 1.29 is 23.5 Å². The smallest absolute Gasteiger partial charge is 0.313 e. The molecule has 0 aromatic heterocycles.